The van der Waals surface area contributed by atoms with Crippen LogP contribution in [-0.2, 0) is 6.42 Å². The number of benzene rings is 9. The highest BCUT2D eigenvalue weighted by Crippen LogP contribution is 2.39. The second kappa shape index (κ2) is 18.8. The highest BCUT2D eigenvalue weighted by atomic mass is 15.1. The van der Waals surface area contributed by atoms with Gasteiger partial charge in [0, 0.05) is 17.1 Å². The van der Waals surface area contributed by atoms with E-state index in [1.165, 1.54) is 84.0 Å². The first-order valence-electron chi connectivity index (χ1n) is 21.9. The Morgan fingerprint density at radius 2 is 0.823 bits per heavy atom. The maximum Gasteiger partial charge on any atom is 0.0462 e. The van der Waals surface area contributed by atoms with Crippen molar-refractivity contribution in [1.29, 1.82) is 0 Å². The predicted molar refractivity (Wildman–Crippen MR) is 267 cm³/mol. The van der Waals surface area contributed by atoms with E-state index in [4.69, 9.17) is 0 Å². The Kier molecular flexibility index (Phi) is 12.1. The van der Waals surface area contributed by atoms with E-state index in [1.54, 1.807) is 0 Å². The largest absolute Gasteiger partial charge is 0.311 e. The molecule has 0 N–H and O–H groups in total. The summed E-state index contributed by atoms with van der Waals surface area (Å²) in [5.74, 6) is 0. The third-order valence-corrected chi connectivity index (χ3v) is 11.9. The summed E-state index contributed by atoms with van der Waals surface area (Å²) < 4.78 is 0. The lowest BCUT2D eigenvalue weighted by atomic mass is 9.97. The Morgan fingerprint density at radius 1 is 0.387 bits per heavy atom. The number of allylic oxidation sites excluding steroid dienone is 4. The van der Waals surface area contributed by atoms with E-state index in [1.807, 2.05) is 0 Å². The van der Waals surface area contributed by atoms with Crippen LogP contribution >= 0.6 is 0 Å². The Balaban J connectivity index is 0.999. The molecule has 0 aliphatic carbocycles. The van der Waals surface area contributed by atoms with Gasteiger partial charge in [-0.3, -0.25) is 0 Å². The van der Waals surface area contributed by atoms with Gasteiger partial charge in [-0.2, -0.15) is 0 Å². The minimum Gasteiger partial charge on any atom is -0.311 e. The van der Waals surface area contributed by atoms with E-state index in [2.05, 4.69) is 255 Å². The fraction of sp³-hybridized carbons (Fsp3) is 0.0820. The molecule has 0 saturated carbocycles. The summed E-state index contributed by atoms with van der Waals surface area (Å²) in [6.07, 6.45) is 12.1. The molecule has 0 radical (unpaired) electrons. The van der Waals surface area contributed by atoms with Crippen molar-refractivity contribution in [3.05, 3.63) is 248 Å². The molecule has 9 aromatic rings. The van der Waals surface area contributed by atoms with Gasteiger partial charge in [0.1, 0.15) is 0 Å². The molecule has 0 aromatic heterocycles. The number of rotatable bonds is 13. The predicted octanol–water partition coefficient (Wildman–Crippen LogP) is 17.4. The van der Waals surface area contributed by atoms with Crippen molar-refractivity contribution in [1.82, 2.24) is 0 Å². The normalized spacial score (nSPS) is 11.5. The summed E-state index contributed by atoms with van der Waals surface area (Å²) in [5, 5.41) is 2.51. The maximum atomic E-state index is 2.36. The van der Waals surface area contributed by atoms with Crippen LogP contribution in [0.1, 0.15) is 30.9 Å². The van der Waals surface area contributed by atoms with E-state index in [-0.39, 0.29) is 0 Å². The van der Waals surface area contributed by atoms with Gasteiger partial charge in [-0.1, -0.05) is 214 Å². The third kappa shape index (κ3) is 8.99. The van der Waals surface area contributed by atoms with Crippen LogP contribution in [0.25, 0.3) is 66.4 Å². The molecular weight excluding hydrogens is 747 g/mol. The lowest BCUT2D eigenvalue weighted by molar-refractivity contribution is 0.959. The monoisotopic (exact) mass is 797 g/mol. The number of fused-ring (bicyclic) bond motifs is 1. The second-order valence-corrected chi connectivity index (χ2v) is 16.0. The van der Waals surface area contributed by atoms with Gasteiger partial charge in [-0.15, -0.1) is 0 Å². The Bertz CT molecular complexity index is 2930. The molecule has 62 heavy (non-hydrogen) atoms. The third-order valence-electron chi connectivity index (χ3n) is 11.9. The van der Waals surface area contributed by atoms with Crippen molar-refractivity contribution in [3.63, 3.8) is 0 Å². The molecule has 0 atom stereocenters. The van der Waals surface area contributed by atoms with Crippen LogP contribution < -0.4 is 4.90 Å². The first-order chi connectivity index (χ1) is 30.6. The molecule has 0 spiro atoms. The molecule has 0 unspecified atom stereocenters. The zero-order chi connectivity index (χ0) is 42.1. The Labute approximate surface area is 367 Å². The minimum absolute atomic E-state index is 0.917. The zero-order valence-corrected chi connectivity index (χ0v) is 35.6. The number of hydrogen-bond acceptors (Lipinski definition) is 1. The molecule has 9 rings (SSSR count). The molecular formula is C61H51N. The fourth-order valence-electron chi connectivity index (χ4n) is 8.35. The topological polar surface area (TPSA) is 3.24 Å². The van der Waals surface area contributed by atoms with Crippen LogP contribution in [0.2, 0.25) is 0 Å². The average molecular weight is 798 g/mol. The van der Waals surface area contributed by atoms with Gasteiger partial charge in [-0.05, 0) is 134 Å². The maximum absolute atomic E-state index is 2.36. The van der Waals surface area contributed by atoms with Gasteiger partial charge < -0.3 is 4.90 Å². The summed E-state index contributed by atoms with van der Waals surface area (Å²) in [5.41, 5.74) is 18.1. The van der Waals surface area contributed by atoms with Crippen LogP contribution in [0, 0.1) is 6.92 Å². The summed E-state index contributed by atoms with van der Waals surface area (Å²) in [6, 6.07) is 77.3. The molecule has 0 saturated heterocycles. The molecule has 300 valence electrons. The van der Waals surface area contributed by atoms with E-state index < -0.39 is 0 Å². The van der Waals surface area contributed by atoms with E-state index in [9.17, 15) is 0 Å². The van der Waals surface area contributed by atoms with Gasteiger partial charge in [0.2, 0.25) is 0 Å². The highest BCUT2D eigenvalue weighted by molar-refractivity contribution is 5.97. The van der Waals surface area contributed by atoms with Gasteiger partial charge in [0.25, 0.3) is 0 Å². The Morgan fingerprint density at radius 3 is 1.39 bits per heavy atom. The minimum atomic E-state index is 0.917. The van der Waals surface area contributed by atoms with Crippen LogP contribution in [-0.4, -0.2) is 0 Å². The first-order valence-corrected chi connectivity index (χ1v) is 21.9. The smallest absolute Gasteiger partial charge is 0.0462 e. The molecule has 0 aliphatic rings. The van der Waals surface area contributed by atoms with Crippen molar-refractivity contribution in [2.75, 3.05) is 4.90 Å². The molecule has 0 heterocycles. The lowest BCUT2D eigenvalue weighted by Crippen LogP contribution is -2.09. The summed E-state index contributed by atoms with van der Waals surface area (Å²) >= 11 is 0. The summed E-state index contributed by atoms with van der Waals surface area (Å²) in [4.78, 5) is 2.36. The fourth-order valence-corrected chi connectivity index (χ4v) is 8.35. The van der Waals surface area contributed by atoms with Crippen LogP contribution in [0.4, 0.5) is 17.1 Å². The average Bonchev–Trinajstić information content (AvgIpc) is 3.34. The number of unbranched alkanes of at least 4 members (excludes halogenated alkanes) is 1. The molecule has 1 nitrogen and oxygen atoms in total. The number of nitrogens with zero attached hydrogens (tertiary/aromatic N) is 1. The molecule has 0 amide bonds. The van der Waals surface area contributed by atoms with Crippen molar-refractivity contribution in [3.8, 4) is 55.6 Å². The SMILES string of the molecule is CCC/C=C\C=C/Cc1cc(-c2ccc(N(c3ccc(-c4ccc(-c5ccc(-c6ccccc6)cc5)cc4)cc3)c3ccc(-c4cccc5ccccc45)cc3)cc2)ccc1C. The van der Waals surface area contributed by atoms with Gasteiger partial charge in [0.05, 0.1) is 0 Å². The Hall–Kier alpha value is -7.48. The summed E-state index contributed by atoms with van der Waals surface area (Å²) in [7, 11) is 0. The quantitative estimate of drug-likeness (QED) is 0.105. The lowest BCUT2D eigenvalue weighted by Gasteiger charge is -2.26. The van der Waals surface area contributed by atoms with E-state index in [0.29, 0.717) is 0 Å². The molecule has 0 bridgehead atoms. The zero-order valence-electron chi connectivity index (χ0n) is 35.6. The van der Waals surface area contributed by atoms with Crippen molar-refractivity contribution in [2.24, 2.45) is 0 Å². The molecule has 1 heteroatoms. The number of hydrogen-bond donors (Lipinski definition) is 0. The standard InChI is InChI=1S/C61H51N/c1-3-4-5-6-7-9-18-55-44-56(23-22-45(55)2)52-34-40-58(41-35-52)62(59-42-36-54(37-43-59)61-21-14-19-53-17-12-13-20-60(53)61)57-38-32-51(33-39-57)50-30-28-49(29-31-50)48-26-24-47(25-27-48)46-15-10-8-11-16-46/h5-17,19-44H,3-4,18H2,1-2H3/b6-5-,9-7-. The highest BCUT2D eigenvalue weighted by Gasteiger charge is 2.15. The molecule has 0 fully saturated rings. The van der Waals surface area contributed by atoms with Crippen molar-refractivity contribution < 1.29 is 0 Å². The van der Waals surface area contributed by atoms with Gasteiger partial charge in [0.15, 0.2) is 0 Å². The van der Waals surface area contributed by atoms with Gasteiger partial charge >= 0.3 is 0 Å². The number of aryl methyl sites for hydroxylation is 1. The van der Waals surface area contributed by atoms with E-state index >= 15 is 0 Å². The molecule has 9 aromatic carbocycles. The van der Waals surface area contributed by atoms with Crippen LogP contribution in [0.5, 0.6) is 0 Å². The van der Waals surface area contributed by atoms with Crippen LogP contribution in [0.3, 0.4) is 0 Å². The van der Waals surface area contributed by atoms with Crippen LogP contribution in [0.15, 0.2) is 237 Å². The van der Waals surface area contributed by atoms with Crippen molar-refractivity contribution in [2.45, 2.75) is 33.1 Å². The number of anilines is 3. The van der Waals surface area contributed by atoms with Crippen molar-refractivity contribution >= 4 is 27.8 Å². The summed E-state index contributed by atoms with van der Waals surface area (Å²) in [6.45, 7) is 4.42. The van der Waals surface area contributed by atoms with E-state index in [0.717, 1.165) is 29.9 Å². The first kappa shape index (κ1) is 40.0. The molecule has 0 aliphatic heterocycles. The second-order valence-electron chi connectivity index (χ2n) is 16.0. The van der Waals surface area contributed by atoms with Gasteiger partial charge in [-0.25, -0.2) is 0 Å².